The fourth-order valence-corrected chi connectivity index (χ4v) is 4.70. The van der Waals surface area contributed by atoms with Crippen LogP contribution < -0.4 is 4.74 Å². The van der Waals surface area contributed by atoms with E-state index in [2.05, 4.69) is 9.97 Å². The second-order valence-electron chi connectivity index (χ2n) is 7.79. The number of carbonyl (C=O) groups excluding carboxylic acids is 1. The second-order valence-corrected chi connectivity index (χ2v) is 9.24. The van der Waals surface area contributed by atoms with Crippen LogP contribution >= 0.6 is 0 Å². The number of para-hydroxylation sites is 1. The third-order valence-corrected chi connectivity index (χ3v) is 6.72. The maximum absolute atomic E-state index is 12.9. The first kappa shape index (κ1) is 22.7. The van der Waals surface area contributed by atoms with E-state index in [4.69, 9.17) is 13.9 Å². The van der Waals surface area contributed by atoms with E-state index in [1.807, 2.05) is 42.5 Å². The van der Waals surface area contributed by atoms with Gasteiger partial charge in [0.15, 0.2) is 5.58 Å². The molecule has 3 aromatic carbocycles. The number of carbonyl (C=O) groups is 1. The third-order valence-electron chi connectivity index (χ3n) is 5.33. The quantitative estimate of drug-likeness (QED) is 0.270. The lowest BCUT2D eigenvalue weighted by molar-refractivity contribution is 0.0483. The summed E-state index contributed by atoms with van der Waals surface area (Å²) in [4.78, 5) is 21.3. The van der Waals surface area contributed by atoms with Crippen molar-refractivity contribution >= 4 is 38.8 Å². The topological polar surface area (TPSA) is 91.5 Å². The molecular formula is C27H22N2O5S. The highest BCUT2D eigenvalue weighted by Gasteiger charge is 2.16. The molecule has 2 aromatic heterocycles. The van der Waals surface area contributed by atoms with E-state index in [-0.39, 0.29) is 12.5 Å². The number of aromatic nitrogens is 2. The fraction of sp³-hybridized carbons (Fsp3) is 0.148. The van der Waals surface area contributed by atoms with E-state index in [0.717, 1.165) is 22.2 Å². The van der Waals surface area contributed by atoms with Crippen LogP contribution in [0.3, 0.4) is 0 Å². The van der Waals surface area contributed by atoms with Gasteiger partial charge < -0.3 is 13.9 Å². The van der Waals surface area contributed by atoms with Gasteiger partial charge in [-0.3, -0.25) is 4.21 Å². The van der Waals surface area contributed by atoms with Crippen LogP contribution in [0.1, 0.15) is 28.9 Å². The van der Waals surface area contributed by atoms with Crippen LogP contribution in [0.5, 0.6) is 5.75 Å². The van der Waals surface area contributed by atoms with Gasteiger partial charge in [-0.05, 0) is 61.0 Å². The van der Waals surface area contributed by atoms with E-state index >= 15 is 0 Å². The number of pyridine rings is 1. The van der Waals surface area contributed by atoms with Gasteiger partial charge in [-0.25, -0.2) is 14.8 Å². The molecule has 0 spiro atoms. The number of ether oxygens (including phenoxy) is 2. The molecule has 0 aliphatic carbocycles. The molecule has 0 bridgehead atoms. The highest BCUT2D eigenvalue weighted by molar-refractivity contribution is 7.84. The number of oxazole rings is 1. The van der Waals surface area contributed by atoms with Crippen molar-refractivity contribution in [3.8, 4) is 5.75 Å². The Morgan fingerprint density at radius 2 is 1.77 bits per heavy atom. The van der Waals surface area contributed by atoms with Crippen LogP contribution in [0.2, 0.25) is 0 Å². The summed E-state index contributed by atoms with van der Waals surface area (Å²) in [5.74, 6) is 0.282. The zero-order chi connectivity index (χ0) is 24.2. The van der Waals surface area contributed by atoms with Gasteiger partial charge in [0.1, 0.15) is 17.9 Å². The molecule has 0 N–H and O–H groups in total. The standard InChI is InChI=1S/C27H22N2O5S/c1-2-32-27(30)26-29-24-14-7-18(15-25(24)34-26)17-35(31)22-12-10-21(11-13-22)33-16-20-9-8-19-5-3-4-6-23(19)28-20/h3-15H,2,16-17H2,1H3. The molecule has 1 unspecified atom stereocenters. The summed E-state index contributed by atoms with van der Waals surface area (Å²) in [6.45, 7) is 2.30. The molecular weight excluding hydrogens is 464 g/mol. The number of fused-ring (bicyclic) bond motifs is 2. The van der Waals surface area contributed by atoms with Crippen molar-refractivity contribution in [3.63, 3.8) is 0 Å². The largest absolute Gasteiger partial charge is 0.487 e. The van der Waals surface area contributed by atoms with Gasteiger partial charge in [0, 0.05) is 10.3 Å². The normalized spacial score (nSPS) is 12.0. The van der Waals surface area contributed by atoms with Crippen molar-refractivity contribution in [1.29, 1.82) is 0 Å². The summed E-state index contributed by atoms with van der Waals surface area (Å²) < 4.78 is 29.2. The lowest BCUT2D eigenvalue weighted by Gasteiger charge is -2.08. The Bertz CT molecular complexity index is 1530. The molecule has 7 nitrogen and oxygen atoms in total. The summed E-state index contributed by atoms with van der Waals surface area (Å²) in [5.41, 5.74) is 3.58. The predicted octanol–water partition coefficient (Wildman–Crippen LogP) is 5.44. The van der Waals surface area contributed by atoms with Crippen molar-refractivity contribution < 1.29 is 22.9 Å². The van der Waals surface area contributed by atoms with Crippen molar-refractivity contribution in [1.82, 2.24) is 9.97 Å². The maximum atomic E-state index is 12.9. The van der Waals surface area contributed by atoms with Gasteiger partial charge in [0.2, 0.25) is 0 Å². The first-order valence-electron chi connectivity index (χ1n) is 11.1. The minimum atomic E-state index is -1.27. The molecule has 35 heavy (non-hydrogen) atoms. The Labute approximate surface area is 204 Å². The number of benzene rings is 3. The number of esters is 1. The number of hydrogen-bond acceptors (Lipinski definition) is 7. The zero-order valence-electron chi connectivity index (χ0n) is 19.0. The molecule has 0 amide bonds. The van der Waals surface area contributed by atoms with Crippen LogP contribution in [-0.2, 0) is 27.9 Å². The first-order valence-corrected chi connectivity index (χ1v) is 12.4. The lowest BCUT2D eigenvalue weighted by atomic mass is 10.2. The summed E-state index contributed by atoms with van der Waals surface area (Å²) in [6.07, 6.45) is 0. The average molecular weight is 487 g/mol. The number of hydrogen-bond donors (Lipinski definition) is 0. The van der Waals surface area contributed by atoms with Gasteiger partial charge in [0.05, 0.1) is 34.4 Å². The van der Waals surface area contributed by atoms with E-state index < -0.39 is 16.8 Å². The SMILES string of the molecule is CCOC(=O)c1nc2ccc(CS(=O)c3ccc(OCc4ccc5ccccc5n4)cc3)cc2o1. The highest BCUT2D eigenvalue weighted by atomic mass is 32.2. The summed E-state index contributed by atoms with van der Waals surface area (Å²) in [5, 5.41) is 1.09. The molecule has 1 atom stereocenters. The highest BCUT2D eigenvalue weighted by Crippen LogP contribution is 2.22. The average Bonchev–Trinajstić information content (AvgIpc) is 3.31. The Morgan fingerprint density at radius 3 is 2.60 bits per heavy atom. The third kappa shape index (κ3) is 5.22. The van der Waals surface area contributed by atoms with Gasteiger partial charge >= 0.3 is 11.9 Å². The predicted molar refractivity (Wildman–Crippen MR) is 133 cm³/mol. The minimum absolute atomic E-state index is 0.0883. The minimum Gasteiger partial charge on any atom is -0.487 e. The Morgan fingerprint density at radius 1 is 0.943 bits per heavy atom. The van der Waals surface area contributed by atoms with Crippen LogP contribution in [0.15, 0.2) is 88.2 Å². The van der Waals surface area contributed by atoms with E-state index in [1.54, 1.807) is 43.3 Å². The van der Waals surface area contributed by atoms with Crippen LogP contribution in [-0.4, -0.2) is 26.8 Å². The number of nitrogens with zero attached hydrogens (tertiary/aromatic N) is 2. The van der Waals surface area contributed by atoms with Crippen molar-refractivity contribution in [3.05, 3.63) is 96.0 Å². The molecule has 5 rings (SSSR count). The van der Waals surface area contributed by atoms with E-state index in [1.165, 1.54) is 0 Å². The fourth-order valence-electron chi connectivity index (χ4n) is 3.61. The second kappa shape index (κ2) is 10.1. The lowest BCUT2D eigenvalue weighted by Crippen LogP contribution is -2.04. The smallest absolute Gasteiger partial charge is 0.394 e. The maximum Gasteiger partial charge on any atom is 0.394 e. The van der Waals surface area contributed by atoms with Crippen LogP contribution in [0.25, 0.3) is 22.0 Å². The first-order chi connectivity index (χ1) is 17.1. The monoisotopic (exact) mass is 486 g/mol. The summed E-state index contributed by atoms with van der Waals surface area (Å²) in [6, 6.07) is 24.4. The number of rotatable bonds is 8. The molecule has 0 saturated heterocycles. The van der Waals surface area contributed by atoms with Gasteiger partial charge in [-0.2, -0.15) is 0 Å². The molecule has 2 heterocycles. The van der Waals surface area contributed by atoms with Crippen LogP contribution in [0, 0.1) is 0 Å². The zero-order valence-corrected chi connectivity index (χ0v) is 19.8. The molecule has 0 aliphatic heterocycles. The molecule has 0 saturated carbocycles. The van der Waals surface area contributed by atoms with Crippen molar-refractivity contribution in [2.45, 2.75) is 24.2 Å². The van der Waals surface area contributed by atoms with Gasteiger partial charge in [-0.15, -0.1) is 0 Å². The van der Waals surface area contributed by atoms with Crippen LogP contribution in [0.4, 0.5) is 0 Å². The van der Waals surface area contributed by atoms with Gasteiger partial charge in [-0.1, -0.05) is 30.3 Å². The van der Waals surface area contributed by atoms with E-state index in [0.29, 0.717) is 34.1 Å². The Balaban J connectivity index is 1.22. The Kier molecular flexibility index (Phi) is 6.54. The van der Waals surface area contributed by atoms with Gasteiger partial charge in [0.25, 0.3) is 0 Å². The molecule has 8 heteroatoms. The Hall–Kier alpha value is -4.04. The van der Waals surface area contributed by atoms with Crippen molar-refractivity contribution in [2.75, 3.05) is 6.61 Å². The molecule has 0 fully saturated rings. The van der Waals surface area contributed by atoms with E-state index in [9.17, 15) is 9.00 Å². The summed E-state index contributed by atoms with van der Waals surface area (Å²) >= 11 is 0. The molecule has 0 aliphatic rings. The summed E-state index contributed by atoms with van der Waals surface area (Å²) in [7, 11) is -1.27. The van der Waals surface area contributed by atoms with Crippen molar-refractivity contribution in [2.24, 2.45) is 0 Å². The molecule has 5 aromatic rings. The molecule has 176 valence electrons. The molecule has 0 radical (unpaired) electrons.